The molecule has 0 saturated carbocycles. The Kier molecular flexibility index (Phi) is 3.25. The van der Waals surface area contributed by atoms with E-state index < -0.39 is 17.9 Å². The molecule has 1 aromatic carbocycles. The molecule has 0 aliphatic carbocycles. The highest BCUT2D eigenvalue weighted by Gasteiger charge is 2.28. The van der Waals surface area contributed by atoms with E-state index in [1.807, 2.05) is 0 Å². The highest BCUT2D eigenvalue weighted by atomic mass is 79.9. The molecule has 0 aromatic heterocycles. The van der Waals surface area contributed by atoms with Crippen LogP contribution >= 0.6 is 27.5 Å². The van der Waals surface area contributed by atoms with E-state index in [9.17, 15) is 8.78 Å². The Bertz CT molecular complexity index is 368. The topological polar surface area (TPSA) is 18.5 Å². The van der Waals surface area contributed by atoms with Gasteiger partial charge in [-0.05, 0) is 22.0 Å². The molecular formula is C9H6BrClF2O2. The fraction of sp³-hybridized carbons (Fsp3) is 0.333. The van der Waals surface area contributed by atoms with E-state index in [2.05, 4.69) is 15.9 Å². The Morgan fingerprint density at radius 1 is 1.27 bits per heavy atom. The summed E-state index contributed by atoms with van der Waals surface area (Å²) in [6, 6.07) is 1.16. The molecule has 82 valence electrons. The van der Waals surface area contributed by atoms with Crippen molar-refractivity contribution in [1.29, 1.82) is 0 Å². The van der Waals surface area contributed by atoms with Crippen molar-refractivity contribution >= 4 is 27.5 Å². The maximum atomic E-state index is 13.6. The van der Waals surface area contributed by atoms with E-state index in [4.69, 9.17) is 21.1 Å². The van der Waals surface area contributed by atoms with Crippen LogP contribution in [-0.2, 0) is 9.47 Å². The molecule has 0 bridgehead atoms. The Balaban J connectivity index is 2.52. The van der Waals surface area contributed by atoms with Gasteiger partial charge in [-0.3, -0.25) is 0 Å². The van der Waals surface area contributed by atoms with Crippen molar-refractivity contribution in [2.75, 3.05) is 13.2 Å². The molecule has 0 spiro atoms. The minimum Gasteiger partial charge on any atom is -0.346 e. The van der Waals surface area contributed by atoms with Gasteiger partial charge < -0.3 is 9.47 Å². The smallest absolute Gasteiger partial charge is 0.189 e. The van der Waals surface area contributed by atoms with E-state index in [1.54, 1.807) is 0 Å². The summed E-state index contributed by atoms with van der Waals surface area (Å²) >= 11 is 8.53. The molecular weight excluding hydrogens is 293 g/mol. The van der Waals surface area contributed by atoms with Crippen molar-refractivity contribution in [1.82, 2.24) is 0 Å². The van der Waals surface area contributed by atoms with Crippen LogP contribution in [0.2, 0.25) is 5.02 Å². The molecule has 0 N–H and O–H groups in total. The van der Waals surface area contributed by atoms with E-state index in [0.29, 0.717) is 13.2 Å². The Morgan fingerprint density at radius 3 is 2.47 bits per heavy atom. The second kappa shape index (κ2) is 4.33. The number of hydrogen-bond acceptors (Lipinski definition) is 2. The second-order valence-electron chi connectivity index (χ2n) is 2.96. The summed E-state index contributed by atoms with van der Waals surface area (Å²) in [5.74, 6) is -1.59. The molecule has 15 heavy (non-hydrogen) atoms. The van der Waals surface area contributed by atoms with Crippen LogP contribution in [0.3, 0.4) is 0 Å². The van der Waals surface area contributed by atoms with Gasteiger partial charge >= 0.3 is 0 Å². The minimum atomic E-state index is -1.01. The first-order valence-electron chi connectivity index (χ1n) is 4.17. The summed E-state index contributed by atoms with van der Waals surface area (Å²) in [4.78, 5) is 0. The van der Waals surface area contributed by atoms with Gasteiger partial charge in [0.2, 0.25) is 0 Å². The van der Waals surface area contributed by atoms with Gasteiger partial charge in [0.05, 0.1) is 28.3 Å². The average molecular weight is 299 g/mol. The molecule has 2 nitrogen and oxygen atoms in total. The second-order valence-corrected chi connectivity index (χ2v) is 4.22. The molecule has 0 unspecified atom stereocenters. The fourth-order valence-corrected chi connectivity index (χ4v) is 2.11. The third kappa shape index (κ3) is 2.01. The minimum absolute atomic E-state index is 0.0861. The van der Waals surface area contributed by atoms with Crippen molar-refractivity contribution in [3.05, 3.63) is 32.8 Å². The molecule has 0 radical (unpaired) electrons. The van der Waals surface area contributed by atoms with Gasteiger partial charge in [-0.2, -0.15) is 0 Å². The van der Waals surface area contributed by atoms with Gasteiger partial charge in [0.15, 0.2) is 12.1 Å². The standard InChI is InChI=1S/C9H6BrClF2O2/c10-4-3-5(11)8(13)6(7(4)12)9-14-1-2-15-9/h3,9H,1-2H2. The normalized spacial score (nSPS) is 17.3. The quantitative estimate of drug-likeness (QED) is 0.740. The Labute approximate surface area is 98.2 Å². The molecule has 2 rings (SSSR count). The van der Waals surface area contributed by atoms with Crippen LogP contribution in [0.4, 0.5) is 8.78 Å². The number of ether oxygens (including phenoxy) is 2. The first kappa shape index (κ1) is 11.3. The first-order valence-corrected chi connectivity index (χ1v) is 5.34. The zero-order valence-electron chi connectivity index (χ0n) is 7.40. The van der Waals surface area contributed by atoms with Crippen molar-refractivity contribution in [3.8, 4) is 0 Å². The zero-order valence-corrected chi connectivity index (χ0v) is 9.74. The van der Waals surface area contributed by atoms with Crippen LogP contribution < -0.4 is 0 Å². The summed E-state index contributed by atoms with van der Waals surface area (Å²) in [5.41, 5.74) is -0.285. The summed E-state index contributed by atoms with van der Waals surface area (Å²) < 4.78 is 37.3. The van der Waals surface area contributed by atoms with Crippen LogP contribution in [0.1, 0.15) is 11.9 Å². The summed E-state index contributed by atoms with van der Waals surface area (Å²) in [6.45, 7) is 0.626. The summed E-state index contributed by atoms with van der Waals surface area (Å²) in [6.07, 6.45) is -1.01. The highest BCUT2D eigenvalue weighted by Crippen LogP contribution is 2.35. The van der Waals surface area contributed by atoms with Gasteiger partial charge in [-0.25, -0.2) is 8.78 Å². The van der Waals surface area contributed by atoms with Crippen LogP contribution in [0, 0.1) is 11.6 Å². The molecule has 6 heteroatoms. The molecule has 0 atom stereocenters. The van der Waals surface area contributed by atoms with E-state index >= 15 is 0 Å². The van der Waals surface area contributed by atoms with Crippen LogP contribution in [0.25, 0.3) is 0 Å². The van der Waals surface area contributed by atoms with Gasteiger partial charge in [-0.1, -0.05) is 11.6 Å². The van der Waals surface area contributed by atoms with Crippen LogP contribution in [0.5, 0.6) is 0 Å². The average Bonchev–Trinajstić information content (AvgIpc) is 2.69. The van der Waals surface area contributed by atoms with Crippen LogP contribution in [0.15, 0.2) is 10.5 Å². The first-order chi connectivity index (χ1) is 7.11. The lowest BCUT2D eigenvalue weighted by Crippen LogP contribution is -2.06. The highest BCUT2D eigenvalue weighted by molar-refractivity contribution is 9.10. The van der Waals surface area contributed by atoms with Gasteiger partial charge in [-0.15, -0.1) is 0 Å². The molecule has 1 aliphatic rings. The van der Waals surface area contributed by atoms with Gasteiger partial charge in [0.25, 0.3) is 0 Å². The molecule has 1 aromatic rings. The fourth-order valence-electron chi connectivity index (χ4n) is 1.32. The summed E-state index contributed by atoms with van der Waals surface area (Å²) in [5, 5.41) is -0.169. The monoisotopic (exact) mass is 298 g/mol. The third-order valence-electron chi connectivity index (χ3n) is 2.00. The van der Waals surface area contributed by atoms with E-state index in [-0.39, 0.29) is 15.1 Å². The zero-order chi connectivity index (χ0) is 11.0. The molecule has 0 amide bonds. The number of hydrogen-bond donors (Lipinski definition) is 0. The van der Waals surface area contributed by atoms with Gasteiger partial charge in [0.1, 0.15) is 5.82 Å². The molecule has 1 heterocycles. The SMILES string of the molecule is Fc1c(Cl)cc(Br)c(F)c1C1OCCO1. The molecule has 1 saturated heterocycles. The number of benzene rings is 1. The maximum Gasteiger partial charge on any atom is 0.189 e. The largest absolute Gasteiger partial charge is 0.346 e. The molecule has 1 fully saturated rings. The van der Waals surface area contributed by atoms with Gasteiger partial charge in [0, 0.05) is 0 Å². The number of halogens is 4. The third-order valence-corrected chi connectivity index (χ3v) is 2.86. The Morgan fingerprint density at radius 2 is 1.87 bits per heavy atom. The van der Waals surface area contributed by atoms with Crippen molar-refractivity contribution in [2.45, 2.75) is 6.29 Å². The maximum absolute atomic E-state index is 13.6. The summed E-state index contributed by atoms with van der Waals surface area (Å²) in [7, 11) is 0. The van der Waals surface area contributed by atoms with Crippen LogP contribution in [-0.4, -0.2) is 13.2 Å². The lowest BCUT2D eigenvalue weighted by molar-refractivity contribution is -0.0490. The lowest BCUT2D eigenvalue weighted by Gasteiger charge is -2.13. The van der Waals surface area contributed by atoms with E-state index in [0.717, 1.165) is 6.07 Å². The lowest BCUT2D eigenvalue weighted by atomic mass is 10.2. The Hall–Kier alpha value is -0.230. The number of rotatable bonds is 1. The van der Waals surface area contributed by atoms with Crippen molar-refractivity contribution in [2.24, 2.45) is 0 Å². The van der Waals surface area contributed by atoms with E-state index in [1.165, 1.54) is 0 Å². The van der Waals surface area contributed by atoms with Crippen molar-refractivity contribution in [3.63, 3.8) is 0 Å². The predicted molar refractivity (Wildman–Crippen MR) is 53.7 cm³/mol. The van der Waals surface area contributed by atoms with Crippen molar-refractivity contribution < 1.29 is 18.3 Å². The molecule has 1 aliphatic heterocycles. The predicted octanol–water partition coefficient (Wildman–Crippen LogP) is 3.43.